The number of rotatable bonds is 2. The van der Waals surface area contributed by atoms with Crippen molar-refractivity contribution in [1.29, 1.82) is 0 Å². The molecule has 0 atom stereocenters. The first-order chi connectivity index (χ1) is 11.4. The molecular weight excluding hydrogens is 323 g/mol. The second-order valence-electron chi connectivity index (χ2n) is 5.25. The number of carbonyl (C=O) groups is 1. The Morgan fingerprint density at radius 1 is 1.04 bits per heavy atom. The quantitative estimate of drug-likeness (QED) is 0.837. The first kappa shape index (κ1) is 16.2. The summed E-state index contributed by atoms with van der Waals surface area (Å²) in [5, 5.41) is 0. The fourth-order valence-corrected chi connectivity index (χ4v) is 2.46. The van der Waals surface area contributed by atoms with Crippen LogP contribution in [0.3, 0.4) is 0 Å². The van der Waals surface area contributed by atoms with Crippen LogP contribution < -0.4 is 4.90 Å². The molecule has 1 amide bonds. The maximum atomic E-state index is 12.7. The van der Waals surface area contributed by atoms with Gasteiger partial charge in [0.2, 0.25) is 0 Å². The summed E-state index contributed by atoms with van der Waals surface area (Å²) in [4.78, 5) is 26.8. The van der Waals surface area contributed by atoms with Crippen molar-refractivity contribution in [1.82, 2.24) is 19.9 Å². The van der Waals surface area contributed by atoms with E-state index in [9.17, 15) is 18.0 Å². The Hall–Kier alpha value is -2.71. The highest BCUT2D eigenvalue weighted by atomic mass is 19.4. The van der Waals surface area contributed by atoms with Gasteiger partial charge in [-0.05, 0) is 12.1 Å². The molecule has 24 heavy (non-hydrogen) atoms. The van der Waals surface area contributed by atoms with Gasteiger partial charge in [0.15, 0.2) is 0 Å². The van der Waals surface area contributed by atoms with Crippen molar-refractivity contribution >= 4 is 11.7 Å². The minimum Gasteiger partial charge on any atom is -0.353 e. The second-order valence-corrected chi connectivity index (χ2v) is 5.25. The molecule has 3 heterocycles. The third kappa shape index (κ3) is 3.44. The molecule has 3 rings (SSSR count). The number of nitrogens with zero attached hydrogens (tertiary/aromatic N) is 5. The normalized spacial score (nSPS) is 15.5. The van der Waals surface area contributed by atoms with E-state index >= 15 is 0 Å². The lowest BCUT2D eigenvalue weighted by Gasteiger charge is -2.35. The highest BCUT2D eigenvalue weighted by Gasteiger charge is 2.33. The molecule has 0 aliphatic carbocycles. The molecule has 2 aromatic heterocycles. The Bertz CT molecular complexity index is 715. The molecule has 2 aromatic rings. The van der Waals surface area contributed by atoms with Gasteiger partial charge >= 0.3 is 6.18 Å². The molecule has 1 aliphatic rings. The van der Waals surface area contributed by atoms with Crippen molar-refractivity contribution in [3.05, 3.63) is 48.2 Å². The van der Waals surface area contributed by atoms with Gasteiger partial charge in [-0.2, -0.15) is 13.2 Å². The van der Waals surface area contributed by atoms with Gasteiger partial charge in [-0.25, -0.2) is 9.97 Å². The predicted octanol–water partition coefficient (Wildman–Crippen LogP) is 1.85. The van der Waals surface area contributed by atoms with Crippen LogP contribution in [0.15, 0.2) is 36.8 Å². The number of carbonyl (C=O) groups excluding carboxylic acids is 1. The summed E-state index contributed by atoms with van der Waals surface area (Å²) in [5.74, 6) is 0.0242. The fraction of sp³-hybridized carbons (Fsp3) is 0.333. The standard InChI is InChI=1S/C15H14F3N5O/c16-15(17,18)12-9-13(21-10-20-12)22-5-7-23(8-6-22)14(24)11-3-1-2-4-19-11/h1-4,9-10H,5-8H2. The number of piperazine rings is 1. The van der Waals surface area contributed by atoms with Gasteiger partial charge < -0.3 is 9.80 Å². The lowest BCUT2D eigenvalue weighted by molar-refractivity contribution is -0.141. The molecule has 0 saturated carbocycles. The first-order valence-electron chi connectivity index (χ1n) is 7.29. The largest absolute Gasteiger partial charge is 0.433 e. The molecule has 9 heteroatoms. The fourth-order valence-electron chi connectivity index (χ4n) is 2.46. The average molecular weight is 337 g/mol. The van der Waals surface area contributed by atoms with Crippen LogP contribution in [-0.2, 0) is 6.18 Å². The molecule has 6 nitrogen and oxygen atoms in total. The lowest BCUT2D eigenvalue weighted by Crippen LogP contribution is -2.49. The van der Waals surface area contributed by atoms with E-state index < -0.39 is 11.9 Å². The van der Waals surface area contributed by atoms with Gasteiger partial charge in [-0.3, -0.25) is 9.78 Å². The van der Waals surface area contributed by atoms with E-state index in [0.29, 0.717) is 31.9 Å². The maximum absolute atomic E-state index is 12.7. The van der Waals surface area contributed by atoms with Crippen molar-refractivity contribution in [3.63, 3.8) is 0 Å². The van der Waals surface area contributed by atoms with Crippen LogP contribution >= 0.6 is 0 Å². The Morgan fingerprint density at radius 3 is 2.42 bits per heavy atom. The summed E-state index contributed by atoms with van der Waals surface area (Å²) >= 11 is 0. The summed E-state index contributed by atoms with van der Waals surface area (Å²) in [6, 6.07) is 6.02. The van der Waals surface area contributed by atoms with Gasteiger partial charge in [0.1, 0.15) is 23.5 Å². The van der Waals surface area contributed by atoms with E-state index in [0.717, 1.165) is 12.4 Å². The second kappa shape index (κ2) is 6.42. The minimum atomic E-state index is -4.51. The molecule has 1 fully saturated rings. The van der Waals surface area contributed by atoms with Gasteiger partial charge in [-0.1, -0.05) is 6.07 Å². The van der Waals surface area contributed by atoms with Gasteiger partial charge in [-0.15, -0.1) is 0 Å². The smallest absolute Gasteiger partial charge is 0.353 e. The predicted molar refractivity (Wildman–Crippen MR) is 79.4 cm³/mol. The molecule has 0 spiro atoms. The van der Waals surface area contributed by atoms with Crippen molar-refractivity contribution < 1.29 is 18.0 Å². The van der Waals surface area contributed by atoms with Crippen LogP contribution in [0.5, 0.6) is 0 Å². The van der Waals surface area contributed by atoms with E-state index in [1.807, 2.05) is 0 Å². The lowest BCUT2D eigenvalue weighted by atomic mass is 10.2. The van der Waals surface area contributed by atoms with Gasteiger partial charge in [0.05, 0.1) is 0 Å². The Labute approximate surface area is 136 Å². The average Bonchev–Trinajstić information content (AvgIpc) is 2.61. The van der Waals surface area contributed by atoms with Crippen LogP contribution in [0.4, 0.5) is 19.0 Å². The molecule has 0 bridgehead atoms. The van der Waals surface area contributed by atoms with Gasteiger partial charge in [0, 0.05) is 38.4 Å². The maximum Gasteiger partial charge on any atom is 0.433 e. The van der Waals surface area contributed by atoms with Crippen LogP contribution in [0.25, 0.3) is 0 Å². The van der Waals surface area contributed by atoms with Crippen LogP contribution in [-0.4, -0.2) is 51.9 Å². The zero-order valence-corrected chi connectivity index (χ0v) is 12.6. The first-order valence-corrected chi connectivity index (χ1v) is 7.29. The summed E-state index contributed by atoms with van der Waals surface area (Å²) in [6.07, 6.45) is -2.05. The summed E-state index contributed by atoms with van der Waals surface area (Å²) in [7, 11) is 0. The van der Waals surface area contributed by atoms with E-state index in [4.69, 9.17) is 0 Å². The molecule has 1 saturated heterocycles. The number of hydrogen-bond donors (Lipinski definition) is 0. The highest BCUT2D eigenvalue weighted by Crippen LogP contribution is 2.29. The third-order valence-corrected chi connectivity index (χ3v) is 3.72. The molecule has 0 unspecified atom stereocenters. The SMILES string of the molecule is O=C(c1ccccn1)N1CCN(c2cc(C(F)(F)F)ncn2)CC1. The number of halogens is 3. The van der Waals surface area contributed by atoms with Crippen LogP contribution in [0.1, 0.15) is 16.2 Å². The third-order valence-electron chi connectivity index (χ3n) is 3.72. The Kier molecular flexibility index (Phi) is 4.32. The highest BCUT2D eigenvalue weighted by molar-refractivity contribution is 5.92. The Balaban J connectivity index is 1.66. The number of alkyl halides is 3. The molecular formula is C15H14F3N5O. The van der Waals surface area contributed by atoms with Crippen molar-refractivity contribution in [2.45, 2.75) is 6.18 Å². The minimum absolute atomic E-state index is 0.186. The van der Waals surface area contributed by atoms with Crippen LogP contribution in [0.2, 0.25) is 0 Å². The van der Waals surface area contributed by atoms with Crippen molar-refractivity contribution in [2.75, 3.05) is 31.1 Å². The van der Waals surface area contributed by atoms with E-state index in [1.54, 1.807) is 34.2 Å². The summed E-state index contributed by atoms with van der Waals surface area (Å²) in [6.45, 7) is 1.57. The topological polar surface area (TPSA) is 62.2 Å². The Morgan fingerprint density at radius 2 is 1.79 bits per heavy atom. The van der Waals surface area contributed by atoms with E-state index in [-0.39, 0.29) is 11.7 Å². The number of aromatic nitrogens is 3. The summed E-state index contributed by atoms with van der Waals surface area (Å²) in [5.41, 5.74) is -0.619. The number of pyridine rings is 1. The number of hydrogen-bond acceptors (Lipinski definition) is 5. The number of anilines is 1. The van der Waals surface area contributed by atoms with Crippen molar-refractivity contribution in [3.8, 4) is 0 Å². The zero-order chi connectivity index (χ0) is 17.2. The molecule has 0 aromatic carbocycles. The number of amides is 1. The van der Waals surface area contributed by atoms with Crippen LogP contribution in [0, 0.1) is 0 Å². The molecule has 0 radical (unpaired) electrons. The zero-order valence-electron chi connectivity index (χ0n) is 12.6. The molecule has 0 N–H and O–H groups in total. The van der Waals surface area contributed by atoms with E-state index in [2.05, 4.69) is 15.0 Å². The van der Waals surface area contributed by atoms with E-state index in [1.165, 1.54) is 0 Å². The van der Waals surface area contributed by atoms with Gasteiger partial charge in [0.25, 0.3) is 5.91 Å². The monoisotopic (exact) mass is 337 g/mol. The van der Waals surface area contributed by atoms with Crippen molar-refractivity contribution in [2.24, 2.45) is 0 Å². The summed E-state index contributed by atoms with van der Waals surface area (Å²) < 4.78 is 38.2. The molecule has 1 aliphatic heterocycles. The molecule has 126 valence electrons.